The van der Waals surface area contributed by atoms with E-state index in [0.717, 1.165) is 24.1 Å². The number of sulfone groups is 1. The molecule has 0 unspecified atom stereocenters. The van der Waals surface area contributed by atoms with Gasteiger partial charge < -0.3 is 10.6 Å². The van der Waals surface area contributed by atoms with Crippen molar-refractivity contribution in [1.82, 2.24) is 0 Å². The van der Waals surface area contributed by atoms with Crippen LogP contribution in [0.3, 0.4) is 0 Å². The third-order valence-electron chi connectivity index (χ3n) is 3.80. The fourth-order valence-corrected chi connectivity index (χ4v) is 4.55. The summed E-state index contributed by atoms with van der Waals surface area (Å²) in [6.45, 7) is 4.35. The fourth-order valence-electron chi connectivity index (χ4n) is 2.88. The molecule has 22 heavy (non-hydrogen) atoms. The van der Waals surface area contributed by atoms with Crippen LogP contribution in [0.4, 0.5) is 11.4 Å². The second kappa shape index (κ2) is 6.69. The number of nitrogen functional groups attached to an aromatic ring is 1. The van der Waals surface area contributed by atoms with Gasteiger partial charge in [0.05, 0.1) is 11.5 Å². The van der Waals surface area contributed by atoms with Crippen LogP contribution in [0, 0.1) is 5.92 Å². The number of rotatable bonds is 5. The molecule has 1 aliphatic rings. The van der Waals surface area contributed by atoms with Crippen LogP contribution in [0.5, 0.6) is 0 Å². The lowest BCUT2D eigenvalue weighted by Crippen LogP contribution is -2.36. The number of fused-ring (bicyclic) bond motifs is 1. The zero-order chi connectivity index (χ0) is 16.3. The van der Waals surface area contributed by atoms with Crippen LogP contribution in [0.1, 0.15) is 32.3 Å². The molecule has 1 aromatic rings. The van der Waals surface area contributed by atoms with Crippen LogP contribution < -0.4 is 10.6 Å². The summed E-state index contributed by atoms with van der Waals surface area (Å²) in [6.07, 6.45) is 1.74. The van der Waals surface area contributed by atoms with Crippen LogP contribution in [0.15, 0.2) is 18.2 Å². The molecule has 6 heteroatoms. The van der Waals surface area contributed by atoms with E-state index in [2.05, 4.69) is 0 Å². The Kier molecular flexibility index (Phi) is 5.11. The predicted molar refractivity (Wildman–Crippen MR) is 89.6 cm³/mol. The van der Waals surface area contributed by atoms with Gasteiger partial charge in [-0.15, -0.1) is 0 Å². The van der Waals surface area contributed by atoms with Crippen LogP contribution >= 0.6 is 0 Å². The molecule has 0 aromatic heterocycles. The normalized spacial score (nSPS) is 15.0. The molecule has 0 aliphatic carbocycles. The number of anilines is 2. The summed E-state index contributed by atoms with van der Waals surface area (Å²) >= 11 is 0. The average molecular weight is 324 g/mol. The molecular weight excluding hydrogens is 300 g/mol. The van der Waals surface area contributed by atoms with E-state index in [1.165, 1.54) is 0 Å². The van der Waals surface area contributed by atoms with Gasteiger partial charge in [-0.25, -0.2) is 8.42 Å². The van der Waals surface area contributed by atoms with E-state index in [1.54, 1.807) is 4.90 Å². The van der Waals surface area contributed by atoms with Crippen molar-refractivity contribution < 1.29 is 13.2 Å². The van der Waals surface area contributed by atoms with Gasteiger partial charge in [0.15, 0.2) is 9.84 Å². The van der Waals surface area contributed by atoms with Gasteiger partial charge in [0.25, 0.3) is 0 Å². The smallest absolute Gasteiger partial charge is 0.228 e. The first kappa shape index (κ1) is 16.8. The summed E-state index contributed by atoms with van der Waals surface area (Å²) in [5, 5.41) is 0. The minimum atomic E-state index is -3.17. The molecule has 2 rings (SSSR count). The molecule has 1 amide bonds. The van der Waals surface area contributed by atoms with Crippen molar-refractivity contribution in [3.05, 3.63) is 23.8 Å². The third kappa shape index (κ3) is 4.00. The van der Waals surface area contributed by atoms with Crippen LogP contribution in [0.2, 0.25) is 0 Å². The number of carbonyl (C=O) groups excluding carboxylic acids is 1. The summed E-state index contributed by atoms with van der Waals surface area (Å²) in [4.78, 5) is 14.1. The second-order valence-electron chi connectivity index (χ2n) is 6.25. The number of nitrogens with two attached hydrogens (primary N) is 1. The lowest BCUT2D eigenvalue weighted by atomic mass is 9.99. The lowest BCUT2D eigenvalue weighted by Gasteiger charge is -2.30. The molecule has 0 atom stereocenters. The van der Waals surface area contributed by atoms with Gasteiger partial charge in [0.2, 0.25) is 5.91 Å². The Balaban J connectivity index is 2.08. The Morgan fingerprint density at radius 2 is 2.09 bits per heavy atom. The van der Waals surface area contributed by atoms with Gasteiger partial charge in [-0.3, -0.25) is 4.79 Å². The van der Waals surface area contributed by atoms with Crippen LogP contribution in [-0.4, -0.2) is 32.4 Å². The topological polar surface area (TPSA) is 80.5 Å². The summed E-state index contributed by atoms with van der Waals surface area (Å²) < 4.78 is 23.9. The molecule has 0 fully saturated rings. The highest BCUT2D eigenvalue weighted by atomic mass is 32.2. The average Bonchev–Trinajstić information content (AvgIpc) is 2.43. The largest absolute Gasteiger partial charge is 0.398 e. The molecule has 0 radical (unpaired) electrons. The maximum absolute atomic E-state index is 12.4. The Morgan fingerprint density at radius 3 is 2.77 bits per heavy atom. The van der Waals surface area contributed by atoms with Crippen molar-refractivity contribution in [2.45, 2.75) is 33.1 Å². The van der Waals surface area contributed by atoms with Gasteiger partial charge in [-0.2, -0.15) is 0 Å². The van der Waals surface area contributed by atoms with Crippen molar-refractivity contribution >= 4 is 27.1 Å². The van der Waals surface area contributed by atoms with Crippen molar-refractivity contribution in [3.63, 3.8) is 0 Å². The number of carbonyl (C=O) groups is 1. The zero-order valence-electron chi connectivity index (χ0n) is 13.2. The Bertz CT molecular complexity index is 653. The number of nitrogens with zero attached hydrogens (tertiary/aromatic N) is 1. The van der Waals surface area contributed by atoms with E-state index in [0.29, 0.717) is 12.2 Å². The van der Waals surface area contributed by atoms with Gasteiger partial charge >= 0.3 is 0 Å². The predicted octanol–water partition coefficient (Wildman–Crippen LogP) is 2.01. The molecule has 0 saturated carbocycles. The molecule has 0 bridgehead atoms. The summed E-state index contributed by atoms with van der Waals surface area (Å²) in [6, 6.07) is 5.54. The first-order valence-corrected chi connectivity index (χ1v) is 9.50. The van der Waals surface area contributed by atoms with E-state index in [-0.39, 0.29) is 29.8 Å². The molecular formula is C16H24N2O3S. The van der Waals surface area contributed by atoms with Crippen molar-refractivity contribution in [1.29, 1.82) is 0 Å². The van der Waals surface area contributed by atoms with Gasteiger partial charge in [-0.05, 0) is 36.5 Å². The second-order valence-corrected chi connectivity index (χ2v) is 8.48. The SMILES string of the molecule is CC(C)CS(=O)(=O)CCC(=O)N1CCCc2c(N)cccc21. The molecule has 0 saturated heterocycles. The number of benzene rings is 1. The molecule has 1 aromatic carbocycles. The minimum absolute atomic E-state index is 0.0310. The molecule has 1 heterocycles. The highest BCUT2D eigenvalue weighted by molar-refractivity contribution is 7.91. The highest BCUT2D eigenvalue weighted by Crippen LogP contribution is 2.31. The van der Waals surface area contributed by atoms with Gasteiger partial charge in [-0.1, -0.05) is 19.9 Å². The molecule has 2 N–H and O–H groups in total. The number of hydrogen-bond donors (Lipinski definition) is 1. The zero-order valence-corrected chi connectivity index (χ0v) is 14.0. The maximum Gasteiger partial charge on any atom is 0.228 e. The molecule has 1 aliphatic heterocycles. The highest BCUT2D eigenvalue weighted by Gasteiger charge is 2.25. The molecule has 5 nitrogen and oxygen atoms in total. The number of hydrogen-bond acceptors (Lipinski definition) is 4. The quantitative estimate of drug-likeness (QED) is 0.840. The molecule has 0 spiro atoms. The number of amides is 1. The Morgan fingerprint density at radius 1 is 1.36 bits per heavy atom. The Hall–Kier alpha value is -1.56. The van der Waals surface area contributed by atoms with E-state index in [1.807, 2.05) is 32.0 Å². The van der Waals surface area contributed by atoms with E-state index in [4.69, 9.17) is 5.73 Å². The summed E-state index contributed by atoms with van der Waals surface area (Å²) in [5.41, 5.74) is 8.49. The maximum atomic E-state index is 12.4. The van der Waals surface area contributed by atoms with E-state index < -0.39 is 9.84 Å². The van der Waals surface area contributed by atoms with Gasteiger partial charge in [0, 0.05) is 24.3 Å². The minimum Gasteiger partial charge on any atom is -0.398 e. The molecule has 122 valence electrons. The third-order valence-corrected chi connectivity index (χ3v) is 5.80. The van der Waals surface area contributed by atoms with Crippen molar-refractivity contribution in [2.24, 2.45) is 5.92 Å². The summed E-state index contributed by atoms with van der Waals surface area (Å²) in [7, 11) is -3.17. The van der Waals surface area contributed by atoms with E-state index >= 15 is 0 Å². The van der Waals surface area contributed by atoms with Crippen molar-refractivity contribution in [3.8, 4) is 0 Å². The first-order valence-electron chi connectivity index (χ1n) is 7.68. The standard InChI is InChI=1S/C16H24N2O3S/c1-12(2)11-22(20,21)10-8-16(19)18-9-4-5-13-14(17)6-3-7-15(13)18/h3,6-7,12H,4-5,8-11,17H2,1-2H3. The summed E-state index contributed by atoms with van der Waals surface area (Å²) in [5.74, 6) is -0.0170. The monoisotopic (exact) mass is 324 g/mol. The van der Waals surface area contributed by atoms with E-state index in [9.17, 15) is 13.2 Å². The van der Waals surface area contributed by atoms with Gasteiger partial charge in [0.1, 0.15) is 0 Å². The fraction of sp³-hybridized carbons (Fsp3) is 0.562. The van der Waals surface area contributed by atoms with Crippen molar-refractivity contribution in [2.75, 3.05) is 28.7 Å². The Labute approximate surface area is 132 Å². The van der Waals surface area contributed by atoms with Crippen LogP contribution in [0.25, 0.3) is 0 Å². The first-order chi connectivity index (χ1) is 10.3. The van der Waals surface area contributed by atoms with Crippen LogP contribution in [-0.2, 0) is 21.1 Å². The lowest BCUT2D eigenvalue weighted by molar-refractivity contribution is -0.118.